The first kappa shape index (κ1) is 31.9. The maximum absolute atomic E-state index is 13.2. The zero-order valence-electron chi connectivity index (χ0n) is 25.5. The van der Waals surface area contributed by atoms with Gasteiger partial charge in [-0.15, -0.1) is 0 Å². The lowest BCUT2D eigenvalue weighted by Crippen LogP contribution is -2.29. The molecule has 0 aliphatic heterocycles. The lowest BCUT2D eigenvalue weighted by molar-refractivity contribution is 0.101. The Bertz CT molecular complexity index is 1690. The van der Waals surface area contributed by atoms with E-state index in [2.05, 4.69) is 32.5 Å². The van der Waals surface area contributed by atoms with Crippen LogP contribution in [-0.4, -0.2) is 53.8 Å². The molecule has 2 aromatic carbocycles. The summed E-state index contributed by atoms with van der Waals surface area (Å²) >= 11 is 0. The Hall–Kier alpha value is -5.06. The van der Waals surface area contributed by atoms with Crippen molar-refractivity contribution < 1.29 is 24.2 Å². The van der Waals surface area contributed by atoms with Gasteiger partial charge in [-0.25, -0.2) is 0 Å². The van der Waals surface area contributed by atoms with Gasteiger partial charge in [0.05, 0.1) is 20.8 Å². The van der Waals surface area contributed by atoms with Crippen molar-refractivity contribution in [3.05, 3.63) is 101 Å². The number of nitrogens with one attached hydrogen (secondary N) is 3. The summed E-state index contributed by atoms with van der Waals surface area (Å²) in [6, 6.07) is 14.4. The smallest absolute Gasteiger partial charge is 0.274 e. The number of rotatable bonds is 12. The van der Waals surface area contributed by atoms with E-state index in [1.807, 2.05) is 57.2 Å². The topological polar surface area (TPSA) is 135 Å². The third kappa shape index (κ3) is 7.11. The third-order valence-corrected chi connectivity index (χ3v) is 7.33. The third-order valence-electron chi connectivity index (χ3n) is 7.33. The zero-order chi connectivity index (χ0) is 31.8. The molecular weight excluding hydrogens is 558 g/mol. The number of nitrogens with zero attached hydrogens (tertiary/aromatic N) is 2. The quantitative estimate of drug-likeness (QED) is 0.171. The lowest BCUT2D eigenvalue weighted by Gasteiger charge is -2.17. The van der Waals surface area contributed by atoms with E-state index < -0.39 is 0 Å². The molecule has 4 aromatic rings. The molecule has 0 aliphatic rings. The zero-order valence-corrected chi connectivity index (χ0v) is 25.5. The molecule has 10 heteroatoms. The van der Waals surface area contributed by atoms with Crippen LogP contribution in [0.25, 0.3) is 17.2 Å². The van der Waals surface area contributed by atoms with Crippen LogP contribution >= 0.6 is 0 Å². The fourth-order valence-electron chi connectivity index (χ4n) is 4.66. The molecule has 0 bridgehead atoms. The van der Waals surface area contributed by atoms with Crippen LogP contribution in [0.5, 0.6) is 11.5 Å². The monoisotopic (exact) mass is 595 g/mol. The number of benzene rings is 2. The number of aromatic nitrogens is 2. The van der Waals surface area contributed by atoms with Crippen molar-refractivity contribution >= 4 is 29.3 Å². The number of hydrogen-bond donors (Lipinski definition) is 4. The van der Waals surface area contributed by atoms with Crippen LogP contribution in [0.15, 0.2) is 67.5 Å². The predicted octanol–water partition coefficient (Wildman–Crippen LogP) is 5.40. The second-order valence-corrected chi connectivity index (χ2v) is 10.2. The van der Waals surface area contributed by atoms with Crippen LogP contribution in [0, 0.1) is 13.8 Å². The summed E-state index contributed by atoms with van der Waals surface area (Å²) in [4.78, 5) is 34.9. The SMILES string of the molecule is C=Cc1cnc(C(=O)Nc2cccc(-c3cccc(NC(=O)c4cc(OC)c(CN[C@@H](C)CO)cn4)c3C)c2C)cc1OC. The van der Waals surface area contributed by atoms with Gasteiger partial charge in [0.1, 0.15) is 22.9 Å². The van der Waals surface area contributed by atoms with E-state index in [1.54, 1.807) is 30.6 Å². The molecule has 4 rings (SSSR count). The van der Waals surface area contributed by atoms with Gasteiger partial charge in [0.15, 0.2) is 0 Å². The van der Waals surface area contributed by atoms with E-state index >= 15 is 0 Å². The highest BCUT2D eigenvalue weighted by Crippen LogP contribution is 2.34. The molecule has 2 amide bonds. The standard InChI is InChI=1S/C34H37N5O5/c1-7-23-16-36-29(14-31(23)43-5)33(41)38-27-12-8-10-25(21(27)3)26-11-9-13-28(22(26)4)39-34(42)30-15-32(44-6)24(18-37-30)17-35-20(2)19-40/h7-16,18,20,35,40H,1,17,19H2,2-6H3,(H,38,41)(H,39,42)/t20-/m0/s1. The van der Waals surface area contributed by atoms with Gasteiger partial charge in [-0.2, -0.15) is 0 Å². The van der Waals surface area contributed by atoms with Crippen molar-refractivity contribution in [2.45, 2.75) is 33.4 Å². The fraction of sp³-hybridized carbons (Fsp3) is 0.235. The molecule has 10 nitrogen and oxygen atoms in total. The molecule has 0 unspecified atom stereocenters. The Morgan fingerprint density at radius 3 is 1.91 bits per heavy atom. The van der Waals surface area contributed by atoms with Crippen molar-refractivity contribution in [3.63, 3.8) is 0 Å². The lowest BCUT2D eigenvalue weighted by atomic mass is 9.94. The van der Waals surface area contributed by atoms with Crippen molar-refractivity contribution in [1.29, 1.82) is 0 Å². The summed E-state index contributed by atoms with van der Waals surface area (Å²) in [7, 11) is 3.06. The molecule has 0 aliphatic carbocycles. The fourth-order valence-corrected chi connectivity index (χ4v) is 4.66. The van der Waals surface area contributed by atoms with Crippen molar-refractivity contribution in [1.82, 2.24) is 15.3 Å². The Morgan fingerprint density at radius 2 is 1.41 bits per heavy atom. The first-order valence-electron chi connectivity index (χ1n) is 14.1. The van der Waals surface area contributed by atoms with E-state index in [4.69, 9.17) is 9.47 Å². The number of aliphatic hydroxyl groups excluding tert-OH is 1. The van der Waals surface area contributed by atoms with Gasteiger partial charge in [0.25, 0.3) is 11.8 Å². The Morgan fingerprint density at radius 1 is 0.886 bits per heavy atom. The molecule has 2 aromatic heterocycles. The molecule has 0 radical (unpaired) electrons. The van der Waals surface area contributed by atoms with Crippen molar-refractivity contribution in [2.75, 3.05) is 31.5 Å². The Balaban J connectivity index is 1.55. The summed E-state index contributed by atoms with van der Waals surface area (Å²) in [5.74, 6) is 0.280. The second-order valence-electron chi connectivity index (χ2n) is 10.2. The number of methoxy groups -OCH3 is 2. The molecule has 0 saturated heterocycles. The van der Waals surface area contributed by atoms with Crippen molar-refractivity contribution in [2.24, 2.45) is 0 Å². The number of ether oxygens (including phenoxy) is 2. The minimum absolute atomic E-state index is 0.00499. The first-order chi connectivity index (χ1) is 21.2. The summed E-state index contributed by atoms with van der Waals surface area (Å²) in [5, 5.41) is 18.4. The Labute approximate surface area is 257 Å². The van der Waals surface area contributed by atoms with E-state index in [1.165, 1.54) is 14.2 Å². The second kappa shape index (κ2) is 14.4. The van der Waals surface area contributed by atoms with Gasteiger partial charge in [0.2, 0.25) is 0 Å². The molecule has 4 N–H and O–H groups in total. The normalized spacial score (nSPS) is 11.4. The van der Waals surface area contributed by atoms with Gasteiger partial charge in [-0.05, 0) is 55.2 Å². The van der Waals surface area contributed by atoms with Crippen molar-refractivity contribution in [3.8, 4) is 22.6 Å². The summed E-state index contributed by atoms with van der Waals surface area (Å²) in [5.41, 5.74) is 6.65. The highest BCUT2D eigenvalue weighted by molar-refractivity contribution is 6.05. The number of hydrogen-bond acceptors (Lipinski definition) is 8. The van der Waals surface area contributed by atoms with Gasteiger partial charge >= 0.3 is 0 Å². The maximum atomic E-state index is 13.2. The summed E-state index contributed by atoms with van der Waals surface area (Å²) < 4.78 is 10.8. The van der Waals surface area contributed by atoms with Gasteiger partial charge < -0.3 is 30.5 Å². The molecule has 1 atom stereocenters. The molecule has 0 fully saturated rings. The van der Waals surface area contributed by atoms with E-state index in [0.29, 0.717) is 35.0 Å². The van der Waals surface area contributed by atoms with Gasteiger partial charge in [-0.1, -0.05) is 36.9 Å². The molecular formula is C34H37N5O5. The highest BCUT2D eigenvalue weighted by atomic mass is 16.5. The number of carbonyl (C=O) groups excluding carboxylic acids is 2. The number of pyridine rings is 2. The molecule has 228 valence electrons. The number of carbonyl (C=O) groups is 2. The molecule has 44 heavy (non-hydrogen) atoms. The van der Waals surface area contributed by atoms with Crippen LogP contribution in [0.2, 0.25) is 0 Å². The van der Waals surface area contributed by atoms with E-state index in [-0.39, 0.29) is 35.9 Å². The molecule has 0 saturated carbocycles. The van der Waals surface area contributed by atoms with Gasteiger partial charge in [0, 0.05) is 59.6 Å². The maximum Gasteiger partial charge on any atom is 0.274 e. The first-order valence-corrected chi connectivity index (χ1v) is 14.1. The molecule has 2 heterocycles. The number of anilines is 2. The summed E-state index contributed by atoms with van der Waals surface area (Å²) in [6.07, 6.45) is 4.75. The summed E-state index contributed by atoms with van der Waals surface area (Å²) in [6.45, 7) is 9.90. The average molecular weight is 596 g/mol. The highest BCUT2D eigenvalue weighted by Gasteiger charge is 2.18. The predicted molar refractivity (Wildman–Crippen MR) is 172 cm³/mol. The van der Waals surface area contributed by atoms with E-state index in [0.717, 1.165) is 27.8 Å². The number of aliphatic hydroxyl groups is 1. The number of amides is 2. The minimum atomic E-state index is -0.380. The van der Waals surface area contributed by atoms with Gasteiger partial charge in [-0.3, -0.25) is 19.6 Å². The van der Waals surface area contributed by atoms with Crippen LogP contribution < -0.4 is 25.4 Å². The van der Waals surface area contributed by atoms with Crippen LogP contribution in [-0.2, 0) is 6.54 Å². The minimum Gasteiger partial charge on any atom is -0.496 e. The largest absolute Gasteiger partial charge is 0.496 e. The average Bonchev–Trinajstić information content (AvgIpc) is 3.05. The Kier molecular flexibility index (Phi) is 10.4. The van der Waals surface area contributed by atoms with Crippen LogP contribution in [0.3, 0.4) is 0 Å². The van der Waals surface area contributed by atoms with E-state index in [9.17, 15) is 14.7 Å². The molecule has 0 spiro atoms. The van der Waals surface area contributed by atoms with Crippen LogP contribution in [0.4, 0.5) is 11.4 Å². The van der Waals surface area contributed by atoms with Crippen LogP contribution in [0.1, 0.15) is 50.2 Å².